The van der Waals surface area contributed by atoms with Crippen LogP contribution in [-0.2, 0) is 9.59 Å². The van der Waals surface area contributed by atoms with Crippen molar-refractivity contribution in [2.75, 3.05) is 6.61 Å². The largest absolute Gasteiger partial charge is 0.494 e. The number of rotatable bonds is 6. The van der Waals surface area contributed by atoms with E-state index < -0.39 is 23.8 Å². The summed E-state index contributed by atoms with van der Waals surface area (Å²) < 4.78 is 5.33. The van der Waals surface area contributed by atoms with Gasteiger partial charge in [0.15, 0.2) is 0 Å². The van der Waals surface area contributed by atoms with Crippen LogP contribution in [0.4, 0.5) is 0 Å². The molecule has 0 aromatic heterocycles. The number of carboxylic acid groups (broad SMARTS) is 2. The fourth-order valence-electron chi connectivity index (χ4n) is 1.84. The van der Waals surface area contributed by atoms with Crippen molar-refractivity contribution in [3.8, 4) is 5.75 Å². The molecule has 0 spiro atoms. The maximum absolute atomic E-state index is 11.1. The van der Waals surface area contributed by atoms with Crippen LogP contribution in [0.25, 0.3) is 0 Å². The maximum Gasteiger partial charge on any atom is 0.310 e. The number of ether oxygens (including phenoxy) is 1. The van der Waals surface area contributed by atoms with E-state index in [1.807, 2.05) is 6.92 Å². The second-order valence-electron chi connectivity index (χ2n) is 4.34. The Hall–Kier alpha value is -2.04. The molecule has 2 unspecified atom stereocenters. The van der Waals surface area contributed by atoms with Crippen LogP contribution >= 0.6 is 0 Å². The molecule has 0 radical (unpaired) electrons. The van der Waals surface area contributed by atoms with Crippen molar-refractivity contribution in [3.63, 3.8) is 0 Å². The van der Waals surface area contributed by atoms with Crippen LogP contribution in [0.1, 0.15) is 43.7 Å². The highest BCUT2D eigenvalue weighted by molar-refractivity contribution is 5.80. The van der Waals surface area contributed by atoms with Gasteiger partial charge in [0.2, 0.25) is 0 Å². The van der Waals surface area contributed by atoms with Gasteiger partial charge in [0.25, 0.3) is 0 Å². The molecule has 0 aliphatic rings. The van der Waals surface area contributed by atoms with Gasteiger partial charge in [-0.05, 0) is 44.0 Å². The molecule has 0 aliphatic carbocycles. The third-order valence-corrected chi connectivity index (χ3v) is 3.04. The van der Waals surface area contributed by atoms with Gasteiger partial charge in [-0.2, -0.15) is 0 Å². The fourth-order valence-corrected chi connectivity index (χ4v) is 1.84. The third-order valence-electron chi connectivity index (χ3n) is 3.04. The lowest BCUT2D eigenvalue weighted by Gasteiger charge is -2.17. The molecule has 5 nitrogen and oxygen atoms in total. The highest BCUT2D eigenvalue weighted by atomic mass is 16.5. The Kier molecular flexibility index (Phi) is 4.92. The molecule has 0 heterocycles. The van der Waals surface area contributed by atoms with E-state index in [4.69, 9.17) is 14.9 Å². The summed E-state index contributed by atoms with van der Waals surface area (Å²) in [6.45, 7) is 5.37. The first-order chi connectivity index (χ1) is 8.88. The standard InChI is InChI=1S/C14H18O5/c1-4-19-10-5-6-11(8(2)13(15)16)12(7-10)9(3)14(17)18/h5-9H,4H2,1-3H3,(H,15,16)(H,17,18). The molecule has 5 heteroatoms. The third kappa shape index (κ3) is 3.47. The summed E-state index contributed by atoms with van der Waals surface area (Å²) in [7, 11) is 0. The van der Waals surface area contributed by atoms with Gasteiger partial charge in [-0.25, -0.2) is 0 Å². The Labute approximate surface area is 111 Å². The smallest absolute Gasteiger partial charge is 0.310 e. The van der Waals surface area contributed by atoms with Gasteiger partial charge in [0, 0.05) is 0 Å². The molecule has 0 saturated carbocycles. The Bertz CT molecular complexity index is 481. The summed E-state index contributed by atoms with van der Waals surface area (Å²) in [5, 5.41) is 18.2. The lowest BCUT2D eigenvalue weighted by Crippen LogP contribution is -2.15. The van der Waals surface area contributed by atoms with Gasteiger partial charge in [0.1, 0.15) is 5.75 Å². The Morgan fingerprint density at radius 2 is 1.63 bits per heavy atom. The van der Waals surface area contributed by atoms with Crippen molar-refractivity contribution < 1.29 is 24.5 Å². The molecular weight excluding hydrogens is 248 g/mol. The normalized spacial score (nSPS) is 13.6. The van der Waals surface area contributed by atoms with Crippen molar-refractivity contribution in [1.29, 1.82) is 0 Å². The van der Waals surface area contributed by atoms with E-state index in [0.29, 0.717) is 23.5 Å². The highest BCUT2D eigenvalue weighted by Gasteiger charge is 2.24. The lowest BCUT2D eigenvalue weighted by molar-refractivity contribution is -0.140. The molecule has 1 rings (SSSR count). The van der Waals surface area contributed by atoms with Crippen molar-refractivity contribution in [2.24, 2.45) is 0 Å². The molecule has 0 fully saturated rings. The zero-order valence-corrected chi connectivity index (χ0v) is 11.2. The van der Waals surface area contributed by atoms with Gasteiger partial charge >= 0.3 is 11.9 Å². The second-order valence-corrected chi connectivity index (χ2v) is 4.34. The van der Waals surface area contributed by atoms with Crippen LogP contribution in [0.15, 0.2) is 18.2 Å². The van der Waals surface area contributed by atoms with E-state index in [1.54, 1.807) is 18.2 Å². The lowest BCUT2D eigenvalue weighted by atomic mass is 9.89. The highest BCUT2D eigenvalue weighted by Crippen LogP contribution is 2.30. The number of carbonyl (C=O) groups is 2. The van der Waals surface area contributed by atoms with Crippen molar-refractivity contribution >= 4 is 11.9 Å². The van der Waals surface area contributed by atoms with Crippen LogP contribution in [0.2, 0.25) is 0 Å². The van der Waals surface area contributed by atoms with E-state index in [-0.39, 0.29) is 0 Å². The van der Waals surface area contributed by atoms with Crippen LogP contribution in [0.3, 0.4) is 0 Å². The van der Waals surface area contributed by atoms with Crippen molar-refractivity contribution in [3.05, 3.63) is 29.3 Å². The summed E-state index contributed by atoms with van der Waals surface area (Å²) in [4.78, 5) is 22.2. The Balaban J connectivity index is 3.29. The van der Waals surface area contributed by atoms with Gasteiger partial charge < -0.3 is 14.9 Å². The average molecular weight is 266 g/mol. The van der Waals surface area contributed by atoms with E-state index in [2.05, 4.69) is 0 Å². The monoisotopic (exact) mass is 266 g/mol. The summed E-state index contributed by atoms with van der Waals surface area (Å²) in [6.07, 6.45) is 0. The number of hydrogen-bond acceptors (Lipinski definition) is 3. The van der Waals surface area contributed by atoms with Gasteiger partial charge in [-0.1, -0.05) is 6.07 Å². The summed E-state index contributed by atoms with van der Waals surface area (Å²) in [6, 6.07) is 4.89. The molecule has 0 amide bonds. The molecule has 0 saturated heterocycles. The first kappa shape index (κ1) is 15.0. The quantitative estimate of drug-likeness (QED) is 0.826. The maximum atomic E-state index is 11.1. The van der Waals surface area contributed by atoms with Crippen LogP contribution in [0, 0.1) is 0 Å². The molecule has 0 aliphatic heterocycles. The van der Waals surface area contributed by atoms with E-state index in [1.165, 1.54) is 13.8 Å². The minimum Gasteiger partial charge on any atom is -0.494 e. The second kappa shape index (κ2) is 6.22. The number of aliphatic carboxylic acids is 2. The van der Waals surface area contributed by atoms with Crippen molar-refractivity contribution in [1.82, 2.24) is 0 Å². The molecule has 2 atom stereocenters. The molecule has 2 N–H and O–H groups in total. The van der Waals surface area contributed by atoms with E-state index >= 15 is 0 Å². The minimum absolute atomic E-state index is 0.467. The fraction of sp³-hybridized carbons (Fsp3) is 0.429. The van der Waals surface area contributed by atoms with Crippen LogP contribution in [0.5, 0.6) is 5.75 Å². The Morgan fingerprint density at radius 3 is 2.11 bits per heavy atom. The van der Waals surface area contributed by atoms with E-state index in [0.717, 1.165) is 0 Å². The molecule has 0 bridgehead atoms. The molecule has 1 aromatic carbocycles. The molecule has 104 valence electrons. The number of benzene rings is 1. The Morgan fingerprint density at radius 1 is 1.11 bits per heavy atom. The average Bonchev–Trinajstić information content (AvgIpc) is 2.37. The van der Waals surface area contributed by atoms with Gasteiger partial charge in [0.05, 0.1) is 18.4 Å². The van der Waals surface area contributed by atoms with E-state index in [9.17, 15) is 9.59 Å². The summed E-state index contributed by atoms with van der Waals surface area (Å²) >= 11 is 0. The van der Waals surface area contributed by atoms with Crippen LogP contribution < -0.4 is 4.74 Å². The first-order valence-electron chi connectivity index (χ1n) is 6.10. The zero-order valence-electron chi connectivity index (χ0n) is 11.2. The predicted molar refractivity (Wildman–Crippen MR) is 69.7 cm³/mol. The first-order valence-corrected chi connectivity index (χ1v) is 6.10. The van der Waals surface area contributed by atoms with Crippen molar-refractivity contribution in [2.45, 2.75) is 32.6 Å². The van der Waals surface area contributed by atoms with Gasteiger partial charge in [-0.3, -0.25) is 9.59 Å². The topological polar surface area (TPSA) is 83.8 Å². The van der Waals surface area contributed by atoms with Crippen LogP contribution in [-0.4, -0.2) is 28.8 Å². The molecule has 19 heavy (non-hydrogen) atoms. The summed E-state index contributed by atoms with van der Waals surface area (Å²) in [5.41, 5.74) is 0.985. The summed E-state index contributed by atoms with van der Waals surface area (Å²) in [5.74, 6) is -2.97. The zero-order chi connectivity index (χ0) is 14.6. The predicted octanol–water partition coefficient (Wildman–Crippen LogP) is 2.46. The number of carboxylic acids is 2. The number of hydrogen-bond donors (Lipinski definition) is 2. The molecule has 1 aromatic rings. The minimum atomic E-state index is -0.993. The molecular formula is C14H18O5. The SMILES string of the molecule is CCOc1ccc(C(C)C(=O)O)c(C(C)C(=O)O)c1. The van der Waals surface area contributed by atoms with Gasteiger partial charge in [-0.15, -0.1) is 0 Å².